The highest BCUT2D eigenvalue weighted by Crippen LogP contribution is 2.41. The van der Waals surface area contributed by atoms with Crippen LogP contribution in [0.2, 0.25) is 0 Å². The van der Waals surface area contributed by atoms with Gasteiger partial charge in [0.15, 0.2) is 5.82 Å². The molecular weight excluding hydrogens is 246 g/mol. The van der Waals surface area contributed by atoms with Gasteiger partial charge in [-0.05, 0) is 44.4 Å². The molecule has 1 heterocycles. The highest BCUT2D eigenvalue weighted by atomic mass is 32.1. The van der Waals surface area contributed by atoms with Crippen LogP contribution in [-0.2, 0) is 10.3 Å². The molecule has 0 unspecified atom stereocenters. The molecule has 0 aliphatic heterocycles. The Labute approximate surface area is 112 Å². The van der Waals surface area contributed by atoms with Gasteiger partial charge in [-0.15, -0.1) is 0 Å². The number of aromatic nitrogens is 2. The quantitative estimate of drug-likeness (QED) is 0.910. The lowest BCUT2D eigenvalue weighted by Gasteiger charge is -2.35. The van der Waals surface area contributed by atoms with Crippen molar-refractivity contribution in [2.45, 2.75) is 57.1 Å². The van der Waals surface area contributed by atoms with Crippen molar-refractivity contribution in [2.75, 3.05) is 12.4 Å². The summed E-state index contributed by atoms with van der Waals surface area (Å²) in [6.45, 7) is 2.31. The zero-order valence-electron chi connectivity index (χ0n) is 11.1. The van der Waals surface area contributed by atoms with Crippen molar-refractivity contribution in [2.24, 2.45) is 5.92 Å². The molecular formula is C13H21N3OS. The van der Waals surface area contributed by atoms with Crippen molar-refractivity contribution in [3.63, 3.8) is 0 Å². The van der Waals surface area contributed by atoms with Crippen LogP contribution in [0, 0.1) is 5.92 Å². The minimum atomic E-state index is -0.230. The second-order valence-corrected chi connectivity index (χ2v) is 6.47. The molecule has 2 aliphatic carbocycles. The number of nitrogens with one attached hydrogen (secondary N) is 1. The van der Waals surface area contributed by atoms with Gasteiger partial charge in [0.05, 0.1) is 0 Å². The molecule has 1 aromatic rings. The number of rotatable bonds is 4. The predicted molar refractivity (Wildman–Crippen MR) is 72.9 cm³/mol. The Morgan fingerprint density at radius 1 is 1.28 bits per heavy atom. The van der Waals surface area contributed by atoms with Crippen LogP contribution >= 0.6 is 11.5 Å². The first-order chi connectivity index (χ1) is 8.72. The van der Waals surface area contributed by atoms with Gasteiger partial charge >= 0.3 is 0 Å². The van der Waals surface area contributed by atoms with Crippen LogP contribution in [0.25, 0.3) is 0 Å². The van der Waals surface area contributed by atoms with Crippen molar-refractivity contribution in [3.05, 3.63) is 5.82 Å². The summed E-state index contributed by atoms with van der Waals surface area (Å²) in [6.07, 6.45) is 7.04. The fourth-order valence-electron chi connectivity index (χ4n) is 2.62. The summed E-state index contributed by atoms with van der Waals surface area (Å²) in [7, 11) is 1.80. The third kappa shape index (κ3) is 2.38. The van der Waals surface area contributed by atoms with Gasteiger partial charge in [0, 0.05) is 24.7 Å². The van der Waals surface area contributed by atoms with Gasteiger partial charge in [-0.2, -0.15) is 4.37 Å². The van der Waals surface area contributed by atoms with E-state index in [0.29, 0.717) is 6.04 Å². The summed E-state index contributed by atoms with van der Waals surface area (Å²) >= 11 is 1.47. The van der Waals surface area contributed by atoms with Crippen LogP contribution in [-0.4, -0.2) is 22.5 Å². The summed E-state index contributed by atoms with van der Waals surface area (Å²) in [5.41, 5.74) is -0.230. The van der Waals surface area contributed by atoms with E-state index in [9.17, 15) is 0 Å². The van der Waals surface area contributed by atoms with Gasteiger partial charge in [-0.3, -0.25) is 0 Å². The van der Waals surface area contributed by atoms with Gasteiger partial charge in [-0.1, -0.05) is 6.92 Å². The van der Waals surface area contributed by atoms with Crippen LogP contribution in [0.15, 0.2) is 0 Å². The summed E-state index contributed by atoms with van der Waals surface area (Å²) in [6, 6.07) is 0.635. The van der Waals surface area contributed by atoms with Crippen LogP contribution in [0.1, 0.15) is 51.3 Å². The number of nitrogens with zero attached hydrogens (tertiary/aromatic N) is 2. The zero-order valence-corrected chi connectivity index (χ0v) is 11.9. The molecule has 1 N–H and O–H groups in total. The lowest BCUT2D eigenvalue weighted by molar-refractivity contribution is -0.0588. The Hall–Kier alpha value is -0.680. The molecule has 3 rings (SSSR count). The summed E-state index contributed by atoms with van der Waals surface area (Å²) in [5.74, 6) is 1.70. The van der Waals surface area contributed by atoms with Gasteiger partial charge in [-0.25, -0.2) is 4.98 Å². The first-order valence-electron chi connectivity index (χ1n) is 6.88. The minimum Gasteiger partial charge on any atom is -0.370 e. The topological polar surface area (TPSA) is 47.0 Å². The first-order valence-corrected chi connectivity index (χ1v) is 7.65. The molecule has 18 heavy (non-hydrogen) atoms. The molecule has 0 spiro atoms. The zero-order chi connectivity index (χ0) is 12.6. The van der Waals surface area contributed by atoms with E-state index in [1.54, 1.807) is 7.11 Å². The van der Waals surface area contributed by atoms with E-state index >= 15 is 0 Å². The average Bonchev–Trinajstić information content (AvgIpc) is 3.07. The number of hydrogen-bond acceptors (Lipinski definition) is 5. The summed E-state index contributed by atoms with van der Waals surface area (Å²) < 4.78 is 10.3. The Morgan fingerprint density at radius 2 is 2.00 bits per heavy atom. The van der Waals surface area contributed by atoms with Crippen molar-refractivity contribution >= 4 is 16.7 Å². The SMILES string of the molecule is COC1(c2nsc(NC3CC3)n2)CCC(C)CC1. The standard InChI is InChI=1S/C13H21N3OS/c1-9-5-7-13(17-2,8-6-9)11-15-12(18-16-11)14-10-3-4-10/h9-10H,3-8H2,1-2H3,(H,14,15,16). The molecule has 4 nitrogen and oxygen atoms in total. The normalized spacial score (nSPS) is 32.4. The molecule has 5 heteroatoms. The van der Waals surface area contributed by atoms with Crippen molar-refractivity contribution in [3.8, 4) is 0 Å². The van der Waals surface area contributed by atoms with Crippen LogP contribution in [0.4, 0.5) is 5.13 Å². The summed E-state index contributed by atoms with van der Waals surface area (Å²) in [4.78, 5) is 4.65. The Morgan fingerprint density at radius 3 is 2.61 bits per heavy atom. The largest absolute Gasteiger partial charge is 0.370 e. The third-order valence-electron chi connectivity index (χ3n) is 4.21. The smallest absolute Gasteiger partial charge is 0.202 e. The predicted octanol–water partition coefficient (Wildman–Crippen LogP) is 3.16. The Bertz CT molecular complexity index is 408. The van der Waals surface area contributed by atoms with Gasteiger partial charge in [0.1, 0.15) is 5.60 Å². The number of methoxy groups -OCH3 is 1. The monoisotopic (exact) mass is 267 g/mol. The van der Waals surface area contributed by atoms with Crippen molar-refractivity contribution in [1.29, 1.82) is 0 Å². The molecule has 0 saturated heterocycles. The molecule has 0 aromatic carbocycles. The molecule has 0 bridgehead atoms. The summed E-state index contributed by atoms with van der Waals surface area (Å²) in [5, 5.41) is 4.38. The number of anilines is 1. The van der Waals surface area contributed by atoms with E-state index in [2.05, 4.69) is 21.6 Å². The fraction of sp³-hybridized carbons (Fsp3) is 0.846. The van der Waals surface area contributed by atoms with Crippen LogP contribution in [0.3, 0.4) is 0 Å². The molecule has 2 saturated carbocycles. The lowest BCUT2D eigenvalue weighted by atomic mass is 9.79. The second-order valence-electron chi connectivity index (χ2n) is 5.72. The maximum Gasteiger partial charge on any atom is 0.202 e. The van der Waals surface area contributed by atoms with Crippen LogP contribution in [0.5, 0.6) is 0 Å². The molecule has 100 valence electrons. The highest BCUT2D eigenvalue weighted by Gasteiger charge is 2.39. The molecule has 0 amide bonds. The number of ether oxygens (including phenoxy) is 1. The van der Waals surface area contributed by atoms with E-state index in [4.69, 9.17) is 4.74 Å². The maximum absolute atomic E-state index is 5.80. The second kappa shape index (κ2) is 4.78. The molecule has 1 aromatic heterocycles. The fourth-order valence-corrected chi connectivity index (χ4v) is 3.34. The van der Waals surface area contributed by atoms with E-state index in [0.717, 1.165) is 29.7 Å². The van der Waals surface area contributed by atoms with E-state index < -0.39 is 0 Å². The maximum atomic E-state index is 5.80. The Kier molecular flexibility index (Phi) is 3.28. The van der Waals surface area contributed by atoms with Gasteiger partial charge in [0.25, 0.3) is 0 Å². The molecule has 0 radical (unpaired) electrons. The first kappa shape index (κ1) is 12.4. The molecule has 2 fully saturated rings. The third-order valence-corrected chi connectivity index (χ3v) is 4.86. The van der Waals surface area contributed by atoms with Crippen molar-refractivity contribution < 1.29 is 4.74 Å². The number of hydrogen-bond donors (Lipinski definition) is 1. The Balaban J connectivity index is 1.75. The minimum absolute atomic E-state index is 0.230. The van der Waals surface area contributed by atoms with Crippen LogP contribution < -0.4 is 5.32 Å². The van der Waals surface area contributed by atoms with E-state index in [1.807, 2.05) is 0 Å². The molecule has 0 atom stereocenters. The van der Waals surface area contributed by atoms with E-state index in [-0.39, 0.29) is 5.60 Å². The van der Waals surface area contributed by atoms with Gasteiger partial charge in [0.2, 0.25) is 5.13 Å². The van der Waals surface area contributed by atoms with E-state index in [1.165, 1.54) is 37.2 Å². The van der Waals surface area contributed by atoms with Gasteiger partial charge < -0.3 is 10.1 Å². The highest BCUT2D eigenvalue weighted by molar-refractivity contribution is 7.09. The average molecular weight is 267 g/mol. The molecule has 2 aliphatic rings. The van der Waals surface area contributed by atoms with Crippen molar-refractivity contribution in [1.82, 2.24) is 9.36 Å². The lowest BCUT2D eigenvalue weighted by Crippen LogP contribution is -2.34.